The Kier molecular flexibility index (Phi) is 4.10. The Morgan fingerprint density at radius 2 is 1.84 bits per heavy atom. The van der Waals surface area contributed by atoms with Gasteiger partial charge in [0.05, 0.1) is 5.69 Å². The minimum absolute atomic E-state index is 0.192. The molecule has 2 heteroatoms. The van der Waals surface area contributed by atoms with Gasteiger partial charge in [-0.25, -0.2) is 0 Å². The standard InChI is InChI=1S/C17H20N2/c1-17(2,3)15-6-8-16(9-7-15)19-12-10-14-5-4-11-18-13-14/h4-9,11-13H,10H2,1-3H3/b19-12+. The number of aliphatic imine (C=N–C) groups is 1. The molecule has 0 unspecified atom stereocenters. The Balaban J connectivity index is 2.00. The van der Waals surface area contributed by atoms with Crippen molar-refractivity contribution in [2.75, 3.05) is 0 Å². The van der Waals surface area contributed by atoms with Gasteiger partial charge >= 0.3 is 0 Å². The third-order valence-electron chi connectivity index (χ3n) is 3.02. The summed E-state index contributed by atoms with van der Waals surface area (Å²) in [6, 6.07) is 12.4. The van der Waals surface area contributed by atoms with Gasteiger partial charge in [0, 0.05) is 25.0 Å². The summed E-state index contributed by atoms with van der Waals surface area (Å²) >= 11 is 0. The molecule has 0 bridgehead atoms. The normalized spacial score (nSPS) is 11.9. The third-order valence-corrected chi connectivity index (χ3v) is 3.02. The van der Waals surface area contributed by atoms with E-state index in [4.69, 9.17) is 0 Å². The first-order chi connectivity index (χ1) is 9.05. The number of benzene rings is 1. The zero-order valence-electron chi connectivity index (χ0n) is 11.8. The van der Waals surface area contributed by atoms with Crippen LogP contribution in [-0.2, 0) is 11.8 Å². The first-order valence-electron chi connectivity index (χ1n) is 6.58. The van der Waals surface area contributed by atoms with E-state index in [2.05, 4.69) is 61.1 Å². The summed E-state index contributed by atoms with van der Waals surface area (Å²) in [4.78, 5) is 8.56. The van der Waals surface area contributed by atoms with E-state index in [0.717, 1.165) is 12.1 Å². The second-order valence-corrected chi connectivity index (χ2v) is 5.67. The topological polar surface area (TPSA) is 25.2 Å². The van der Waals surface area contributed by atoms with Gasteiger partial charge in [0.15, 0.2) is 0 Å². The van der Waals surface area contributed by atoms with Gasteiger partial charge in [0.2, 0.25) is 0 Å². The lowest BCUT2D eigenvalue weighted by Gasteiger charge is -2.18. The second kappa shape index (κ2) is 5.79. The maximum atomic E-state index is 4.47. The SMILES string of the molecule is CC(C)(C)c1ccc(/N=C/Cc2cccnc2)cc1. The maximum Gasteiger partial charge on any atom is 0.0626 e. The predicted octanol–water partition coefficient (Wildman–Crippen LogP) is 4.32. The highest BCUT2D eigenvalue weighted by Crippen LogP contribution is 2.24. The van der Waals surface area contributed by atoms with Crippen LogP contribution in [0.3, 0.4) is 0 Å². The zero-order chi connectivity index (χ0) is 13.7. The lowest BCUT2D eigenvalue weighted by Crippen LogP contribution is -2.10. The summed E-state index contributed by atoms with van der Waals surface area (Å²) in [7, 11) is 0. The summed E-state index contributed by atoms with van der Waals surface area (Å²) in [5.74, 6) is 0. The zero-order valence-corrected chi connectivity index (χ0v) is 11.8. The fourth-order valence-corrected chi connectivity index (χ4v) is 1.82. The van der Waals surface area contributed by atoms with Crippen molar-refractivity contribution in [3.05, 3.63) is 59.9 Å². The predicted molar refractivity (Wildman–Crippen MR) is 81.2 cm³/mol. The van der Waals surface area contributed by atoms with Crippen molar-refractivity contribution in [1.82, 2.24) is 4.98 Å². The van der Waals surface area contributed by atoms with Gasteiger partial charge in [-0.3, -0.25) is 9.98 Å². The number of rotatable bonds is 3. The Bertz CT molecular complexity index is 534. The molecule has 0 spiro atoms. The molecule has 1 heterocycles. The van der Waals surface area contributed by atoms with E-state index < -0.39 is 0 Å². The molecule has 2 nitrogen and oxygen atoms in total. The van der Waals surface area contributed by atoms with Crippen LogP contribution in [0.2, 0.25) is 0 Å². The molecule has 0 N–H and O–H groups in total. The quantitative estimate of drug-likeness (QED) is 0.747. The van der Waals surface area contributed by atoms with Crippen molar-refractivity contribution in [3.63, 3.8) is 0 Å². The molecule has 0 aliphatic carbocycles. The van der Waals surface area contributed by atoms with Gasteiger partial charge in [-0.2, -0.15) is 0 Å². The Morgan fingerprint density at radius 3 is 2.42 bits per heavy atom. The van der Waals surface area contributed by atoms with Crippen molar-refractivity contribution >= 4 is 11.9 Å². The van der Waals surface area contributed by atoms with E-state index in [0.29, 0.717) is 0 Å². The van der Waals surface area contributed by atoms with Crippen LogP contribution >= 0.6 is 0 Å². The molecule has 1 aromatic heterocycles. The fourth-order valence-electron chi connectivity index (χ4n) is 1.82. The molecular weight excluding hydrogens is 232 g/mol. The summed E-state index contributed by atoms with van der Waals surface area (Å²) in [6.45, 7) is 6.65. The Morgan fingerprint density at radius 1 is 1.11 bits per heavy atom. The van der Waals surface area contributed by atoms with E-state index in [9.17, 15) is 0 Å². The highest BCUT2D eigenvalue weighted by Gasteiger charge is 2.12. The molecule has 0 radical (unpaired) electrons. The van der Waals surface area contributed by atoms with E-state index >= 15 is 0 Å². The molecule has 19 heavy (non-hydrogen) atoms. The monoisotopic (exact) mass is 252 g/mol. The lowest BCUT2D eigenvalue weighted by atomic mass is 9.87. The molecule has 0 amide bonds. The highest BCUT2D eigenvalue weighted by molar-refractivity contribution is 5.66. The lowest BCUT2D eigenvalue weighted by molar-refractivity contribution is 0.590. The van der Waals surface area contributed by atoms with Crippen LogP contribution in [0.25, 0.3) is 0 Å². The minimum atomic E-state index is 0.192. The number of hydrogen-bond donors (Lipinski definition) is 0. The number of aromatic nitrogens is 1. The van der Waals surface area contributed by atoms with Crippen LogP contribution in [0.1, 0.15) is 31.9 Å². The van der Waals surface area contributed by atoms with Gasteiger partial charge in [0.1, 0.15) is 0 Å². The first-order valence-corrected chi connectivity index (χ1v) is 6.58. The summed E-state index contributed by atoms with van der Waals surface area (Å²) in [6.07, 6.45) is 6.40. The van der Waals surface area contributed by atoms with Gasteiger partial charge in [0.25, 0.3) is 0 Å². The first kappa shape index (κ1) is 13.5. The van der Waals surface area contributed by atoms with Crippen molar-refractivity contribution < 1.29 is 0 Å². The summed E-state index contributed by atoms with van der Waals surface area (Å²) in [5, 5.41) is 0. The average molecular weight is 252 g/mol. The average Bonchev–Trinajstić information content (AvgIpc) is 2.39. The van der Waals surface area contributed by atoms with Gasteiger partial charge in [-0.05, 0) is 34.7 Å². The molecular formula is C17H20N2. The molecule has 98 valence electrons. The van der Waals surface area contributed by atoms with E-state index in [-0.39, 0.29) is 5.41 Å². The molecule has 0 saturated carbocycles. The fraction of sp³-hybridized carbons (Fsp3) is 0.294. The van der Waals surface area contributed by atoms with E-state index in [1.54, 1.807) is 6.20 Å². The van der Waals surface area contributed by atoms with Crippen LogP contribution in [0.5, 0.6) is 0 Å². The van der Waals surface area contributed by atoms with Crippen LogP contribution in [-0.4, -0.2) is 11.2 Å². The minimum Gasteiger partial charge on any atom is -0.264 e. The van der Waals surface area contributed by atoms with Crippen molar-refractivity contribution in [3.8, 4) is 0 Å². The van der Waals surface area contributed by atoms with E-state index in [1.165, 1.54) is 11.1 Å². The largest absolute Gasteiger partial charge is 0.264 e. The summed E-state index contributed by atoms with van der Waals surface area (Å²) in [5.41, 5.74) is 3.70. The Labute approximate surface area is 115 Å². The van der Waals surface area contributed by atoms with Gasteiger partial charge < -0.3 is 0 Å². The molecule has 0 fully saturated rings. The molecule has 0 atom stereocenters. The van der Waals surface area contributed by atoms with Crippen molar-refractivity contribution in [2.24, 2.45) is 4.99 Å². The molecule has 2 aromatic rings. The maximum absolute atomic E-state index is 4.47. The highest BCUT2D eigenvalue weighted by atomic mass is 14.7. The molecule has 0 saturated heterocycles. The smallest absolute Gasteiger partial charge is 0.0626 e. The second-order valence-electron chi connectivity index (χ2n) is 5.67. The van der Waals surface area contributed by atoms with Crippen molar-refractivity contribution in [1.29, 1.82) is 0 Å². The van der Waals surface area contributed by atoms with Crippen molar-refractivity contribution in [2.45, 2.75) is 32.6 Å². The number of nitrogens with zero attached hydrogens (tertiary/aromatic N) is 2. The molecule has 0 aliphatic heterocycles. The van der Waals surface area contributed by atoms with Gasteiger partial charge in [-0.15, -0.1) is 0 Å². The molecule has 0 aliphatic rings. The third kappa shape index (κ3) is 4.02. The van der Waals surface area contributed by atoms with Crippen LogP contribution in [0.4, 0.5) is 5.69 Å². The molecule has 1 aromatic carbocycles. The molecule has 2 rings (SSSR count). The summed E-state index contributed by atoms with van der Waals surface area (Å²) < 4.78 is 0. The van der Waals surface area contributed by atoms with Crippen LogP contribution in [0, 0.1) is 0 Å². The van der Waals surface area contributed by atoms with Crippen LogP contribution < -0.4 is 0 Å². The number of hydrogen-bond acceptors (Lipinski definition) is 2. The van der Waals surface area contributed by atoms with Gasteiger partial charge in [-0.1, -0.05) is 39.0 Å². The van der Waals surface area contributed by atoms with E-state index in [1.807, 2.05) is 18.5 Å². The van der Waals surface area contributed by atoms with Crippen LogP contribution in [0.15, 0.2) is 53.8 Å². The number of pyridine rings is 1. The Hall–Kier alpha value is -1.96.